The summed E-state index contributed by atoms with van der Waals surface area (Å²) >= 11 is 0. The van der Waals surface area contributed by atoms with Crippen molar-refractivity contribution in [1.82, 2.24) is 9.97 Å². The molecule has 3 rings (SSSR count). The van der Waals surface area contributed by atoms with Crippen LogP contribution in [0.1, 0.15) is 12.8 Å². The van der Waals surface area contributed by atoms with Crippen LogP contribution in [0.15, 0.2) is 59.8 Å². The Kier molecular flexibility index (Phi) is 5.14. The van der Waals surface area contributed by atoms with Crippen molar-refractivity contribution >= 4 is 20.7 Å². The van der Waals surface area contributed by atoms with E-state index in [4.69, 9.17) is 4.74 Å². The summed E-state index contributed by atoms with van der Waals surface area (Å²) in [5.41, 5.74) is 0.689. The van der Waals surface area contributed by atoms with E-state index in [0.29, 0.717) is 30.7 Å². The highest BCUT2D eigenvalue weighted by atomic mass is 32.2. The lowest BCUT2D eigenvalue weighted by Gasteiger charge is -2.09. The van der Waals surface area contributed by atoms with Crippen LogP contribution in [0.3, 0.4) is 0 Å². The number of pyridine rings is 2. The number of rotatable bonds is 7. The standard InChI is InChI=1S/C18H18N2O4S/c21-18-16(13-14-7-1-2-8-15(14)20-18)24-11-5-6-12-25(22,23)17-9-3-4-10-19-17/h1-4,7-10,13H,5-6,11-12H2,(H,20,21). The topological polar surface area (TPSA) is 89.4 Å². The van der Waals surface area contributed by atoms with Gasteiger partial charge in [-0.15, -0.1) is 0 Å². The first-order chi connectivity index (χ1) is 12.1. The van der Waals surface area contributed by atoms with Gasteiger partial charge in [0.1, 0.15) is 0 Å². The highest BCUT2D eigenvalue weighted by Gasteiger charge is 2.15. The summed E-state index contributed by atoms with van der Waals surface area (Å²) < 4.78 is 29.8. The summed E-state index contributed by atoms with van der Waals surface area (Å²) in [5.74, 6) is 0.140. The van der Waals surface area contributed by atoms with Gasteiger partial charge in [0.2, 0.25) is 0 Å². The molecule has 6 nitrogen and oxygen atoms in total. The van der Waals surface area contributed by atoms with E-state index in [1.54, 1.807) is 24.3 Å². The second-order valence-corrected chi connectivity index (χ2v) is 7.60. The number of hydrogen-bond donors (Lipinski definition) is 1. The minimum atomic E-state index is -3.37. The fraction of sp³-hybridized carbons (Fsp3) is 0.222. The number of fused-ring (bicyclic) bond motifs is 1. The molecule has 1 aromatic carbocycles. The van der Waals surface area contributed by atoms with Crippen molar-refractivity contribution in [3.8, 4) is 11.6 Å². The summed E-state index contributed by atoms with van der Waals surface area (Å²) in [6.45, 7) is 0.297. The first kappa shape index (κ1) is 17.2. The van der Waals surface area contributed by atoms with Crippen LogP contribution < -0.4 is 4.74 Å². The second-order valence-electron chi connectivity index (χ2n) is 5.55. The molecule has 0 amide bonds. The molecule has 1 N–H and O–H groups in total. The van der Waals surface area contributed by atoms with Crippen LogP contribution in [-0.2, 0) is 9.84 Å². The van der Waals surface area contributed by atoms with E-state index < -0.39 is 9.84 Å². The molecule has 0 aliphatic carbocycles. The predicted molar refractivity (Wildman–Crippen MR) is 94.4 cm³/mol. The van der Waals surface area contributed by atoms with Gasteiger partial charge in [-0.05, 0) is 37.1 Å². The summed E-state index contributed by atoms with van der Waals surface area (Å²) in [4.78, 5) is 7.96. The Labute approximate surface area is 146 Å². The van der Waals surface area contributed by atoms with E-state index >= 15 is 0 Å². The Bertz CT molecular complexity index is 959. The van der Waals surface area contributed by atoms with Crippen molar-refractivity contribution in [2.24, 2.45) is 0 Å². The van der Waals surface area contributed by atoms with E-state index in [2.05, 4.69) is 9.97 Å². The Balaban J connectivity index is 1.53. The number of para-hydroxylation sites is 1. The lowest BCUT2D eigenvalue weighted by atomic mass is 10.2. The zero-order chi connectivity index (χ0) is 17.7. The van der Waals surface area contributed by atoms with E-state index in [1.165, 1.54) is 12.3 Å². The van der Waals surface area contributed by atoms with Crippen molar-refractivity contribution in [2.75, 3.05) is 12.4 Å². The van der Waals surface area contributed by atoms with Gasteiger partial charge in [0.15, 0.2) is 20.6 Å². The van der Waals surface area contributed by atoms with Crippen LogP contribution in [0.5, 0.6) is 11.6 Å². The van der Waals surface area contributed by atoms with Gasteiger partial charge in [0.25, 0.3) is 5.88 Å². The van der Waals surface area contributed by atoms with E-state index in [1.807, 2.05) is 18.2 Å². The number of unbranched alkanes of at least 4 members (excludes halogenated alkanes) is 1. The van der Waals surface area contributed by atoms with Crippen molar-refractivity contribution in [1.29, 1.82) is 0 Å². The van der Waals surface area contributed by atoms with Gasteiger partial charge in [0.05, 0.1) is 17.9 Å². The molecule has 0 aliphatic rings. The maximum absolute atomic E-state index is 12.1. The third-order valence-corrected chi connectivity index (χ3v) is 5.40. The minimum absolute atomic E-state index is 0.00925. The number of sulfone groups is 1. The van der Waals surface area contributed by atoms with Crippen LogP contribution in [-0.4, -0.2) is 35.9 Å². The van der Waals surface area contributed by atoms with Gasteiger partial charge in [-0.3, -0.25) is 0 Å². The van der Waals surface area contributed by atoms with E-state index in [-0.39, 0.29) is 16.7 Å². The predicted octanol–water partition coefficient (Wildman–Crippen LogP) is 2.97. The smallest absolute Gasteiger partial charge is 0.255 e. The molecule has 25 heavy (non-hydrogen) atoms. The van der Waals surface area contributed by atoms with Gasteiger partial charge in [-0.25, -0.2) is 18.4 Å². The highest BCUT2D eigenvalue weighted by Crippen LogP contribution is 2.28. The molecule has 2 aromatic heterocycles. The molecular weight excluding hydrogens is 340 g/mol. The first-order valence-corrected chi connectivity index (χ1v) is 9.57. The maximum atomic E-state index is 12.1. The summed E-state index contributed by atoms with van der Waals surface area (Å²) in [7, 11) is -3.37. The van der Waals surface area contributed by atoms with Crippen molar-refractivity contribution in [3.63, 3.8) is 0 Å². The van der Waals surface area contributed by atoms with Crippen LogP contribution in [0.4, 0.5) is 0 Å². The monoisotopic (exact) mass is 358 g/mol. The molecule has 0 unspecified atom stereocenters. The zero-order valence-corrected chi connectivity index (χ0v) is 14.3. The van der Waals surface area contributed by atoms with Gasteiger partial charge < -0.3 is 9.84 Å². The molecule has 0 saturated heterocycles. The Morgan fingerprint density at radius 1 is 1.04 bits per heavy atom. The molecule has 0 spiro atoms. The maximum Gasteiger partial charge on any atom is 0.255 e. The normalized spacial score (nSPS) is 11.5. The molecule has 0 atom stereocenters. The van der Waals surface area contributed by atoms with Crippen LogP contribution >= 0.6 is 0 Å². The molecule has 0 radical (unpaired) electrons. The zero-order valence-electron chi connectivity index (χ0n) is 13.5. The number of nitrogens with zero attached hydrogens (tertiary/aromatic N) is 2. The molecule has 7 heteroatoms. The quantitative estimate of drug-likeness (QED) is 0.653. The van der Waals surface area contributed by atoms with Crippen LogP contribution in [0.25, 0.3) is 10.9 Å². The molecular formula is C18H18N2O4S. The summed E-state index contributed by atoms with van der Waals surface area (Å²) in [6, 6.07) is 14.0. The molecule has 130 valence electrons. The lowest BCUT2D eigenvalue weighted by molar-refractivity contribution is 0.289. The summed E-state index contributed by atoms with van der Waals surface area (Å²) in [6.07, 6.45) is 2.45. The van der Waals surface area contributed by atoms with Gasteiger partial charge >= 0.3 is 0 Å². The molecule has 0 saturated carbocycles. The molecule has 0 fully saturated rings. The van der Waals surface area contributed by atoms with E-state index in [9.17, 15) is 13.5 Å². The number of ether oxygens (including phenoxy) is 1. The molecule has 0 aliphatic heterocycles. The highest BCUT2D eigenvalue weighted by molar-refractivity contribution is 7.91. The third kappa shape index (κ3) is 4.24. The second kappa shape index (κ2) is 7.48. The van der Waals surface area contributed by atoms with Gasteiger partial charge in [-0.2, -0.15) is 0 Å². The van der Waals surface area contributed by atoms with Crippen molar-refractivity contribution in [3.05, 3.63) is 54.7 Å². The fourth-order valence-electron chi connectivity index (χ4n) is 2.40. The number of aromatic hydroxyl groups is 1. The Morgan fingerprint density at radius 3 is 2.64 bits per heavy atom. The van der Waals surface area contributed by atoms with Crippen LogP contribution in [0.2, 0.25) is 0 Å². The minimum Gasteiger partial charge on any atom is -0.491 e. The van der Waals surface area contributed by atoms with Crippen molar-refractivity contribution < 1.29 is 18.3 Å². The Hall–Kier alpha value is -2.67. The van der Waals surface area contributed by atoms with Gasteiger partial charge in [-0.1, -0.05) is 24.3 Å². The average molecular weight is 358 g/mol. The third-order valence-electron chi connectivity index (χ3n) is 3.69. The molecule has 0 bridgehead atoms. The molecule has 3 aromatic rings. The largest absolute Gasteiger partial charge is 0.491 e. The number of aromatic nitrogens is 2. The van der Waals surface area contributed by atoms with Crippen LogP contribution in [0, 0.1) is 0 Å². The average Bonchev–Trinajstić information content (AvgIpc) is 2.62. The Morgan fingerprint density at radius 2 is 1.84 bits per heavy atom. The number of hydrogen-bond acceptors (Lipinski definition) is 6. The lowest BCUT2D eigenvalue weighted by Crippen LogP contribution is -2.10. The summed E-state index contributed by atoms with van der Waals surface area (Å²) in [5, 5.41) is 10.9. The van der Waals surface area contributed by atoms with Gasteiger partial charge in [0, 0.05) is 11.6 Å². The van der Waals surface area contributed by atoms with E-state index in [0.717, 1.165) is 5.39 Å². The SMILES string of the molecule is O=S(=O)(CCCCOc1cc2ccccc2nc1O)c1ccccn1. The fourth-order valence-corrected chi connectivity index (χ4v) is 3.71. The number of benzene rings is 1. The van der Waals surface area contributed by atoms with Crippen molar-refractivity contribution in [2.45, 2.75) is 17.9 Å². The first-order valence-electron chi connectivity index (χ1n) is 7.91. The molecule has 2 heterocycles.